The molecule has 0 radical (unpaired) electrons. The molecular weight excluding hydrogens is 248 g/mol. The molecule has 0 unspecified atom stereocenters. The molecular formula is C13H16N2O4. The van der Waals surface area contributed by atoms with Crippen LogP contribution in [0.2, 0.25) is 0 Å². The Hall–Kier alpha value is -2.24. The van der Waals surface area contributed by atoms with Gasteiger partial charge in [0.25, 0.3) is 0 Å². The van der Waals surface area contributed by atoms with Crippen LogP contribution in [0.5, 0.6) is 5.75 Å². The van der Waals surface area contributed by atoms with E-state index < -0.39 is 12.0 Å². The lowest BCUT2D eigenvalue weighted by molar-refractivity contribution is 0.0895. The van der Waals surface area contributed by atoms with Crippen molar-refractivity contribution in [3.63, 3.8) is 0 Å². The number of hydrogen-bond donors (Lipinski definition) is 2. The number of ether oxygens (including phenoxy) is 1. The number of nitrogens with zero attached hydrogens (tertiary/aromatic N) is 1. The fourth-order valence-corrected chi connectivity index (χ4v) is 2.06. The summed E-state index contributed by atoms with van der Waals surface area (Å²) in [6, 6.07) is 6.63. The average Bonchev–Trinajstić information content (AvgIpc) is 2.40. The van der Waals surface area contributed by atoms with Crippen molar-refractivity contribution in [1.82, 2.24) is 4.90 Å². The first-order chi connectivity index (χ1) is 9.06. The number of carbonyl (C=O) groups is 2. The van der Waals surface area contributed by atoms with E-state index in [4.69, 9.17) is 15.6 Å². The Morgan fingerprint density at radius 2 is 1.79 bits per heavy atom. The highest BCUT2D eigenvalue weighted by molar-refractivity contribution is 5.92. The average molecular weight is 264 g/mol. The maximum atomic E-state index is 10.9. The molecule has 19 heavy (non-hydrogen) atoms. The van der Waals surface area contributed by atoms with Crippen LogP contribution in [-0.2, 0) is 0 Å². The maximum Gasteiger partial charge on any atom is 0.407 e. The number of primary amides is 1. The van der Waals surface area contributed by atoms with Crippen molar-refractivity contribution in [1.29, 1.82) is 0 Å². The molecule has 1 fully saturated rings. The quantitative estimate of drug-likeness (QED) is 0.860. The summed E-state index contributed by atoms with van der Waals surface area (Å²) < 4.78 is 5.75. The second-order valence-electron chi connectivity index (χ2n) is 4.48. The molecule has 1 aliphatic rings. The van der Waals surface area contributed by atoms with Crippen molar-refractivity contribution < 1.29 is 19.4 Å². The minimum Gasteiger partial charge on any atom is -0.490 e. The van der Waals surface area contributed by atoms with Crippen molar-refractivity contribution in [2.24, 2.45) is 5.73 Å². The summed E-state index contributed by atoms with van der Waals surface area (Å²) >= 11 is 0. The molecule has 1 saturated heterocycles. The summed E-state index contributed by atoms with van der Waals surface area (Å²) in [5, 5.41) is 8.84. The van der Waals surface area contributed by atoms with Crippen LogP contribution >= 0.6 is 0 Å². The van der Waals surface area contributed by atoms with E-state index in [1.165, 1.54) is 4.90 Å². The minimum atomic E-state index is -0.885. The van der Waals surface area contributed by atoms with Gasteiger partial charge in [0.1, 0.15) is 11.9 Å². The van der Waals surface area contributed by atoms with Gasteiger partial charge < -0.3 is 20.5 Å². The third kappa shape index (κ3) is 3.37. The second-order valence-corrected chi connectivity index (χ2v) is 4.48. The van der Waals surface area contributed by atoms with E-state index in [1.54, 1.807) is 24.3 Å². The summed E-state index contributed by atoms with van der Waals surface area (Å²) in [6.45, 7) is 0.971. The van der Waals surface area contributed by atoms with Crippen LogP contribution in [0.25, 0.3) is 0 Å². The predicted octanol–water partition coefficient (Wildman–Crippen LogP) is 1.31. The van der Waals surface area contributed by atoms with Crippen molar-refractivity contribution in [3.05, 3.63) is 29.8 Å². The Morgan fingerprint density at radius 3 is 2.26 bits per heavy atom. The van der Waals surface area contributed by atoms with Crippen LogP contribution in [0.3, 0.4) is 0 Å². The molecule has 1 aliphatic heterocycles. The molecule has 3 N–H and O–H groups in total. The van der Waals surface area contributed by atoms with Gasteiger partial charge in [0, 0.05) is 31.5 Å². The third-order valence-corrected chi connectivity index (χ3v) is 3.15. The van der Waals surface area contributed by atoms with Gasteiger partial charge in [-0.3, -0.25) is 4.79 Å². The lowest BCUT2D eigenvalue weighted by Crippen LogP contribution is -2.41. The highest BCUT2D eigenvalue weighted by Crippen LogP contribution is 2.19. The molecule has 6 heteroatoms. The number of likely N-dealkylation sites (tertiary alicyclic amines) is 1. The standard InChI is InChI=1S/C13H16N2O4/c14-12(16)9-1-3-10(4-2-9)19-11-5-7-15(8-6-11)13(17)18/h1-4,11H,5-8H2,(H2,14,16)(H,17,18). The van der Waals surface area contributed by atoms with Crippen molar-refractivity contribution in [2.45, 2.75) is 18.9 Å². The van der Waals surface area contributed by atoms with E-state index >= 15 is 0 Å². The normalized spacial score (nSPS) is 16.1. The second kappa shape index (κ2) is 5.60. The predicted molar refractivity (Wildman–Crippen MR) is 68.2 cm³/mol. The Balaban J connectivity index is 1.88. The zero-order valence-corrected chi connectivity index (χ0v) is 10.4. The van der Waals surface area contributed by atoms with Gasteiger partial charge >= 0.3 is 6.09 Å². The zero-order valence-electron chi connectivity index (χ0n) is 10.4. The van der Waals surface area contributed by atoms with Crippen LogP contribution in [-0.4, -0.2) is 41.2 Å². The van der Waals surface area contributed by atoms with Gasteiger partial charge in [0.15, 0.2) is 0 Å². The number of amides is 2. The first-order valence-corrected chi connectivity index (χ1v) is 6.10. The Kier molecular flexibility index (Phi) is 3.89. The smallest absolute Gasteiger partial charge is 0.407 e. The molecule has 2 amide bonds. The zero-order chi connectivity index (χ0) is 13.8. The van der Waals surface area contributed by atoms with Gasteiger partial charge in [-0.2, -0.15) is 0 Å². The van der Waals surface area contributed by atoms with E-state index in [1.807, 2.05) is 0 Å². The van der Waals surface area contributed by atoms with Crippen LogP contribution in [0.1, 0.15) is 23.2 Å². The number of benzene rings is 1. The molecule has 102 valence electrons. The molecule has 1 aromatic carbocycles. The first-order valence-electron chi connectivity index (χ1n) is 6.10. The summed E-state index contributed by atoms with van der Waals surface area (Å²) in [4.78, 5) is 23.1. The number of nitrogens with two attached hydrogens (primary N) is 1. The largest absolute Gasteiger partial charge is 0.490 e. The molecule has 2 rings (SSSR count). The van der Waals surface area contributed by atoms with E-state index in [2.05, 4.69) is 0 Å². The van der Waals surface area contributed by atoms with Gasteiger partial charge in [-0.1, -0.05) is 0 Å². The first kappa shape index (κ1) is 13.2. The van der Waals surface area contributed by atoms with E-state index in [9.17, 15) is 9.59 Å². The molecule has 0 spiro atoms. The highest BCUT2D eigenvalue weighted by atomic mass is 16.5. The molecule has 0 aromatic heterocycles. The van der Waals surface area contributed by atoms with E-state index in [-0.39, 0.29) is 6.10 Å². The minimum absolute atomic E-state index is 0.00929. The third-order valence-electron chi connectivity index (χ3n) is 3.15. The SMILES string of the molecule is NC(=O)c1ccc(OC2CCN(C(=O)O)CC2)cc1. The van der Waals surface area contributed by atoms with Crippen molar-refractivity contribution >= 4 is 12.0 Å². The van der Waals surface area contributed by atoms with E-state index in [0.29, 0.717) is 37.2 Å². The highest BCUT2D eigenvalue weighted by Gasteiger charge is 2.23. The molecule has 6 nitrogen and oxygen atoms in total. The summed E-state index contributed by atoms with van der Waals surface area (Å²) in [5.41, 5.74) is 5.59. The summed E-state index contributed by atoms with van der Waals surface area (Å²) in [7, 11) is 0. The molecule has 0 saturated carbocycles. The number of carbonyl (C=O) groups excluding carboxylic acids is 1. The van der Waals surface area contributed by atoms with Crippen LogP contribution in [0, 0.1) is 0 Å². The lowest BCUT2D eigenvalue weighted by atomic mass is 10.1. The Morgan fingerprint density at radius 1 is 1.21 bits per heavy atom. The number of piperidine rings is 1. The van der Waals surface area contributed by atoms with Gasteiger partial charge in [-0.25, -0.2) is 4.79 Å². The van der Waals surface area contributed by atoms with Gasteiger partial charge in [0.2, 0.25) is 5.91 Å². The Bertz CT molecular complexity index is 464. The van der Waals surface area contributed by atoms with Gasteiger partial charge in [-0.05, 0) is 24.3 Å². The van der Waals surface area contributed by atoms with Crippen molar-refractivity contribution in [3.8, 4) is 5.75 Å². The summed E-state index contributed by atoms with van der Waals surface area (Å²) in [5.74, 6) is 0.195. The molecule has 0 atom stereocenters. The van der Waals surface area contributed by atoms with E-state index in [0.717, 1.165) is 0 Å². The number of carboxylic acid groups (broad SMARTS) is 1. The number of hydrogen-bond acceptors (Lipinski definition) is 3. The lowest BCUT2D eigenvalue weighted by Gasteiger charge is -2.30. The molecule has 1 aromatic rings. The van der Waals surface area contributed by atoms with Crippen LogP contribution < -0.4 is 10.5 Å². The molecule has 0 aliphatic carbocycles. The van der Waals surface area contributed by atoms with Gasteiger partial charge in [0.05, 0.1) is 0 Å². The fraction of sp³-hybridized carbons (Fsp3) is 0.385. The molecule has 1 heterocycles. The van der Waals surface area contributed by atoms with Crippen molar-refractivity contribution in [2.75, 3.05) is 13.1 Å². The fourth-order valence-electron chi connectivity index (χ4n) is 2.06. The monoisotopic (exact) mass is 264 g/mol. The molecule has 0 bridgehead atoms. The summed E-state index contributed by atoms with van der Waals surface area (Å²) in [6.07, 6.45) is 0.465. The topological polar surface area (TPSA) is 92.9 Å². The number of rotatable bonds is 3. The van der Waals surface area contributed by atoms with Gasteiger partial charge in [-0.15, -0.1) is 0 Å². The van der Waals surface area contributed by atoms with Crippen LogP contribution in [0.15, 0.2) is 24.3 Å². The Labute approximate surface area is 110 Å². The van der Waals surface area contributed by atoms with Crippen LogP contribution in [0.4, 0.5) is 4.79 Å². The maximum absolute atomic E-state index is 10.9.